The summed E-state index contributed by atoms with van der Waals surface area (Å²) in [5.41, 5.74) is 3.19. The second kappa shape index (κ2) is 6.18. The molecule has 0 amide bonds. The molecule has 5 aliphatic rings. The zero-order valence-electron chi connectivity index (χ0n) is 15.0. The number of fused-ring (bicyclic) bond motifs is 2. The maximum Gasteiger partial charge on any atom is 0.303 e. The minimum atomic E-state index is -3.05. The van der Waals surface area contributed by atoms with Crippen LogP contribution >= 0.6 is 0 Å². The van der Waals surface area contributed by atoms with E-state index in [1.165, 1.54) is 0 Å². The van der Waals surface area contributed by atoms with Crippen molar-refractivity contribution in [1.29, 1.82) is 5.41 Å². The van der Waals surface area contributed by atoms with E-state index >= 15 is 0 Å². The zero-order chi connectivity index (χ0) is 18.6. The molecule has 26 heavy (non-hydrogen) atoms. The molecule has 5 fully saturated rings. The van der Waals surface area contributed by atoms with Gasteiger partial charge in [-0.25, -0.2) is 5.01 Å². The van der Waals surface area contributed by atoms with Crippen LogP contribution in [0.2, 0.25) is 0 Å². The van der Waals surface area contributed by atoms with Crippen molar-refractivity contribution >= 4 is 11.7 Å². The molecule has 0 unspecified atom stereocenters. The molecule has 2 aliphatic carbocycles. The summed E-state index contributed by atoms with van der Waals surface area (Å²) in [7, 11) is 0. The Morgan fingerprint density at radius 3 is 2.54 bits per heavy atom. The molecular formula is C18H26F2N4O2. The normalized spacial score (nSPS) is 37.8. The Hall–Kier alpha value is -1.70. The fourth-order valence-electron chi connectivity index (χ4n) is 4.84. The van der Waals surface area contributed by atoms with Gasteiger partial charge in [0.1, 0.15) is 11.5 Å². The maximum absolute atomic E-state index is 13.9. The summed E-state index contributed by atoms with van der Waals surface area (Å²) in [6.45, 7) is 4.32. The number of carboxylic acids is 1. The smallest absolute Gasteiger partial charge is 0.303 e. The number of nitrogens with one attached hydrogen (secondary N) is 2. The topological polar surface area (TPSA) is 79.7 Å². The SMILES string of the molecule is C[C@H]1CCN1N/C(=C1/CCC(F)(F)C1=N)N1C[C@H]2C[C@@H](C1)[C@@H]2CC(=O)O. The van der Waals surface area contributed by atoms with E-state index in [1.54, 1.807) is 0 Å². The van der Waals surface area contributed by atoms with Crippen LogP contribution in [-0.4, -0.2) is 58.3 Å². The number of alkyl halides is 2. The summed E-state index contributed by atoms with van der Waals surface area (Å²) in [5.74, 6) is -2.36. The molecule has 4 atom stereocenters. The molecule has 3 heterocycles. The maximum atomic E-state index is 13.9. The standard InChI is InChI=1S/C18H26F2N4O2/c1-10-3-5-24(10)22-17(13-2-4-18(19,20)16(13)21)23-8-11-6-12(9-23)14(11)7-15(25)26/h10-12,14,21-22H,2-9H2,1H3,(H,25,26)/b17-13+,21-16?/t10-,11-,12+,14-/m0/s1. The second-order valence-electron chi connectivity index (χ2n) is 8.27. The number of nitrogens with zero attached hydrogens (tertiary/aromatic N) is 2. The van der Waals surface area contributed by atoms with Gasteiger partial charge in [-0.05, 0) is 43.9 Å². The predicted molar refractivity (Wildman–Crippen MR) is 91.8 cm³/mol. The quantitative estimate of drug-likeness (QED) is 0.694. The number of aliphatic carboxylic acids is 1. The summed E-state index contributed by atoms with van der Waals surface area (Å²) in [6.07, 6.45) is 2.19. The average molecular weight is 368 g/mol. The van der Waals surface area contributed by atoms with E-state index in [2.05, 4.69) is 17.2 Å². The van der Waals surface area contributed by atoms with Crippen LogP contribution in [0, 0.1) is 23.2 Å². The van der Waals surface area contributed by atoms with Crippen molar-refractivity contribution in [1.82, 2.24) is 15.3 Å². The van der Waals surface area contributed by atoms with Crippen LogP contribution in [0.3, 0.4) is 0 Å². The number of piperidine rings is 2. The number of rotatable bonds is 5. The monoisotopic (exact) mass is 368 g/mol. The Labute approximate surface area is 151 Å². The molecule has 0 aromatic carbocycles. The van der Waals surface area contributed by atoms with Crippen molar-refractivity contribution in [2.24, 2.45) is 17.8 Å². The lowest BCUT2D eigenvalue weighted by atomic mass is 9.60. The van der Waals surface area contributed by atoms with Crippen molar-refractivity contribution in [3.05, 3.63) is 11.4 Å². The lowest BCUT2D eigenvalue weighted by molar-refractivity contribution is -0.143. The molecular weight excluding hydrogens is 342 g/mol. The van der Waals surface area contributed by atoms with Gasteiger partial charge in [-0.2, -0.15) is 8.78 Å². The summed E-state index contributed by atoms with van der Waals surface area (Å²) in [6, 6.07) is 0.348. The van der Waals surface area contributed by atoms with Crippen LogP contribution in [-0.2, 0) is 4.79 Å². The molecule has 8 heteroatoms. The van der Waals surface area contributed by atoms with Gasteiger partial charge in [0.25, 0.3) is 5.92 Å². The third-order valence-corrected chi connectivity index (χ3v) is 6.66. The number of carboxylic acid groups (broad SMARTS) is 1. The summed E-state index contributed by atoms with van der Waals surface area (Å²) in [4.78, 5) is 13.1. The highest BCUT2D eigenvalue weighted by atomic mass is 19.3. The highest BCUT2D eigenvalue weighted by molar-refractivity contribution is 6.05. The molecule has 6 nitrogen and oxygen atoms in total. The van der Waals surface area contributed by atoms with Crippen LogP contribution in [0.25, 0.3) is 0 Å². The molecule has 0 spiro atoms. The van der Waals surface area contributed by atoms with Gasteiger partial charge >= 0.3 is 5.97 Å². The first-order chi connectivity index (χ1) is 12.3. The summed E-state index contributed by atoms with van der Waals surface area (Å²) < 4.78 is 27.9. The lowest BCUT2D eigenvalue weighted by Gasteiger charge is -2.55. The molecule has 2 bridgehead atoms. The van der Waals surface area contributed by atoms with E-state index in [0.29, 0.717) is 42.4 Å². The largest absolute Gasteiger partial charge is 0.481 e. The van der Waals surface area contributed by atoms with E-state index in [0.717, 1.165) is 19.4 Å². The van der Waals surface area contributed by atoms with Gasteiger partial charge in [0, 0.05) is 44.1 Å². The summed E-state index contributed by atoms with van der Waals surface area (Å²) in [5, 5.41) is 19.1. The highest BCUT2D eigenvalue weighted by Gasteiger charge is 2.50. The van der Waals surface area contributed by atoms with Gasteiger partial charge in [0.15, 0.2) is 0 Å². The predicted octanol–water partition coefficient (Wildman–Crippen LogP) is 2.29. The Balaban J connectivity index is 1.55. The van der Waals surface area contributed by atoms with Crippen molar-refractivity contribution in [2.75, 3.05) is 19.6 Å². The third-order valence-electron chi connectivity index (χ3n) is 6.66. The highest BCUT2D eigenvalue weighted by Crippen LogP contribution is 2.49. The number of hydrogen-bond donors (Lipinski definition) is 3. The van der Waals surface area contributed by atoms with Crippen LogP contribution in [0.4, 0.5) is 8.78 Å². The van der Waals surface area contributed by atoms with Crippen LogP contribution in [0.15, 0.2) is 11.4 Å². The van der Waals surface area contributed by atoms with Gasteiger partial charge in [0.05, 0.1) is 0 Å². The molecule has 3 aliphatic heterocycles. The minimum Gasteiger partial charge on any atom is -0.481 e. The first-order valence-electron chi connectivity index (χ1n) is 9.46. The number of halogens is 2. The fraction of sp³-hybridized carbons (Fsp3) is 0.778. The number of hydrazine groups is 1. The minimum absolute atomic E-state index is 0.194. The molecule has 0 radical (unpaired) electrons. The van der Waals surface area contributed by atoms with Gasteiger partial charge in [-0.1, -0.05) is 0 Å². The van der Waals surface area contributed by atoms with Crippen molar-refractivity contribution in [3.63, 3.8) is 0 Å². The second-order valence-corrected chi connectivity index (χ2v) is 8.27. The van der Waals surface area contributed by atoms with Crippen LogP contribution in [0.1, 0.15) is 39.0 Å². The Bertz CT molecular complexity index is 654. The van der Waals surface area contributed by atoms with E-state index in [1.807, 2.05) is 5.01 Å². The molecule has 5 rings (SSSR count). The molecule has 2 saturated carbocycles. The van der Waals surface area contributed by atoms with E-state index < -0.39 is 17.6 Å². The van der Waals surface area contributed by atoms with Crippen molar-refractivity contribution in [2.45, 2.75) is 51.0 Å². The van der Waals surface area contributed by atoms with E-state index in [9.17, 15) is 13.6 Å². The number of allylic oxidation sites excluding steroid dienone is 1. The lowest BCUT2D eigenvalue weighted by Crippen LogP contribution is -2.60. The Morgan fingerprint density at radius 2 is 2.08 bits per heavy atom. The van der Waals surface area contributed by atoms with Crippen molar-refractivity contribution in [3.8, 4) is 0 Å². The number of hydrogen-bond acceptors (Lipinski definition) is 5. The Morgan fingerprint density at radius 1 is 1.38 bits per heavy atom. The molecule has 3 N–H and O–H groups in total. The van der Waals surface area contributed by atoms with Gasteiger partial charge < -0.3 is 15.4 Å². The molecule has 144 valence electrons. The third kappa shape index (κ3) is 2.88. The van der Waals surface area contributed by atoms with Crippen LogP contribution in [0.5, 0.6) is 0 Å². The van der Waals surface area contributed by atoms with Crippen LogP contribution < -0.4 is 5.43 Å². The molecule has 3 saturated heterocycles. The Kier molecular flexibility index (Phi) is 4.21. The molecule has 0 aromatic heterocycles. The zero-order valence-corrected chi connectivity index (χ0v) is 15.0. The average Bonchev–Trinajstić information content (AvgIpc) is 2.86. The van der Waals surface area contributed by atoms with E-state index in [-0.39, 0.29) is 25.2 Å². The van der Waals surface area contributed by atoms with Gasteiger partial charge in [0.2, 0.25) is 0 Å². The summed E-state index contributed by atoms with van der Waals surface area (Å²) >= 11 is 0. The van der Waals surface area contributed by atoms with Gasteiger partial charge in [-0.3, -0.25) is 10.2 Å². The fourth-order valence-corrected chi connectivity index (χ4v) is 4.84. The van der Waals surface area contributed by atoms with Gasteiger partial charge in [-0.15, -0.1) is 0 Å². The number of carbonyl (C=O) groups is 1. The van der Waals surface area contributed by atoms with Crippen molar-refractivity contribution < 1.29 is 18.7 Å². The first kappa shape index (κ1) is 17.7. The molecule has 0 aromatic rings. The van der Waals surface area contributed by atoms with E-state index in [4.69, 9.17) is 10.5 Å². The first-order valence-corrected chi connectivity index (χ1v) is 9.46.